The third kappa shape index (κ3) is 90.0. The average molecular weight is 645 g/mol. The molecule has 0 bridgehead atoms. The van der Waals surface area contributed by atoms with Crippen molar-refractivity contribution in [3.8, 4) is 0 Å². The van der Waals surface area contributed by atoms with E-state index in [0.717, 1.165) is 77.0 Å². The molecule has 0 amide bonds. The lowest BCUT2D eigenvalue weighted by molar-refractivity contribution is -0.133. The maximum atomic E-state index is 9.60. The van der Waals surface area contributed by atoms with E-state index in [1.54, 1.807) is 0 Å². The van der Waals surface area contributed by atoms with E-state index in [1.165, 1.54) is 13.8 Å². The number of hydrogen-bond acceptors (Lipinski definition) is 10. The van der Waals surface area contributed by atoms with E-state index in [9.17, 15) is 9.59 Å². The van der Waals surface area contributed by atoms with Gasteiger partial charge in [-0.05, 0) is 65.2 Å². The minimum atomic E-state index is -1.10. The smallest absolute Gasteiger partial charge is 0.330 e. The molecule has 0 radical (unpaired) electrons. The molecular formula is C32H68O12. The third-order valence-corrected chi connectivity index (χ3v) is 4.99. The zero-order valence-electron chi connectivity index (χ0n) is 28.3. The van der Waals surface area contributed by atoms with E-state index in [1.807, 2.05) is 0 Å². The highest BCUT2D eigenvalue weighted by Crippen LogP contribution is 2.02. The predicted octanol–water partition coefficient (Wildman–Crippen LogP) is 4.80. The second kappa shape index (κ2) is 45.5. The Hall–Kier alpha value is -1.90. The average Bonchev–Trinajstić information content (AvgIpc) is 2.90. The number of hydrogen-bond donors (Lipinski definition) is 10. The summed E-state index contributed by atoms with van der Waals surface area (Å²) in [6.45, 7) is 17.6. The molecule has 0 aromatic carbocycles. The van der Waals surface area contributed by atoms with Gasteiger partial charge >= 0.3 is 11.9 Å². The zero-order chi connectivity index (χ0) is 35.9. The number of aliphatic hydroxyl groups excluding tert-OH is 4. The third-order valence-electron chi connectivity index (χ3n) is 4.99. The summed E-state index contributed by atoms with van der Waals surface area (Å²) in [5.74, 6) is -1.87. The van der Waals surface area contributed by atoms with Gasteiger partial charge in [-0.2, -0.15) is 0 Å². The standard InChI is InChI=1S/4C6H14O2.2C4H6O2/c4*1-2-3-4-5-6(7)8;2*1-3(2)4(5)6/h4*6-8H,2-5H2,1H3;2*1H2,2H3,(H,5,6). The van der Waals surface area contributed by atoms with Crippen molar-refractivity contribution in [3.63, 3.8) is 0 Å². The van der Waals surface area contributed by atoms with Gasteiger partial charge in [-0.25, -0.2) is 9.59 Å². The fourth-order valence-corrected chi connectivity index (χ4v) is 2.31. The molecule has 0 heterocycles. The predicted molar refractivity (Wildman–Crippen MR) is 174 cm³/mol. The van der Waals surface area contributed by atoms with E-state index >= 15 is 0 Å². The first-order chi connectivity index (χ1) is 20.4. The van der Waals surface area contributed by atoms with Crippen LogP contribution in [0.1, 0.15) is 144 Å². The van der Waals surface area contributed by atoms with Crippen molar-refractivity contribution in [2.24, 2.45) is 0 Å². The van der Waals surface area contributed by atoms with Gasteiger partial charge in [-0.1, -0.05) is 92.2 Å². The van der Waals surface area contributed by atoms with E-state index in [2.05, 4.69) is 40.9 Å². The summed E-state index contributed by atoms with van der Waals surface area (Å²) in [7, 11) is 0. The normalized spacial score (nSPS) is 9.68. The Kier molecular flexibility index (Phi) is 56.5. The summed E-state index contributed by atoms with van der Waals surface area (Å²) >= 11 is 0. The van der Waals surface area contributed by atoms with E-state index in [4.69, 9.17) is 51.1 Å². The van der Waals surface area contributed by atoms with Crippen LogP contribution in [0.15, 0.2) is 24.3 Å². The molecule has 268 valence electrons. The molecule has 0 aliphatic heterocycles. The number of carboxylic acid groups (broad SMARTS) is 2. The first kappa shape index (κ1) is 54.6. The fraction of sp³-hybridized carbons (Fsp3) is 0.812. The number of carbonyl (C=O) groups is 2. The Bertz CT molecular complexity index is 502. The molecule has 0 atom stereocenters. The highest BCUT2D eigenvalue weighted by molar-refractivity contribution is 5.85. The molecule has 0 aliphatic carbocycles. The van der Waals surface area contributed by atoms with Crippen LogP contribution in [0.25, 0.3) is 0 Å². The topological polar surface area (TPSA) is 236 Å². The Morgan fingerprint density at radius 3 is 0.636 bits per heavy atom. The van der Waals surface area contributed by atoms with Crippen LogP contribution in [0, 0.1) is 0 Å². The van der Waals surface area contributed by atoms with Crippen LogP contribution in [-0.2, 0) is 9.59 Å². The zero-order valence-corrected chi connectivity index (χ0v) is 28.3. The first-order valence-electron chi connectivity index (χ1n) is 15.6. The summed E-state index contributed by atoms with van der Waals surface area (Å²) < 4.78 is 0. The van der Waals surface area contributed by atoms with Crippen molar-refractivity contribution in [2.45, 2.75) is 169 Å². The molecule has 0 aromatic heterocycles. The second-order valence-electron chi connectivity index (χ2n) is 10.1. The Morgan fingerprint density at radius 1 is 0.432 bits per heavy atom. The van der Waals surface area contributed by atoms with Gasteiger partial charge in [0.05, 0.1) is 0 Å². The highest BCUT2D eigenvalue weighted by atomic mass is 16.5. The van der Waals surface area contributed by atoms with Gasteiger partial charge in [0.1, 0.15) is 0 Å². The fourth-order valence-electron chi connectivity index (χ4n) is 2.31. The molecule has 44 heavy (non-hydrogen) atoms. The van der Waals surface area contributed by atoms with Crippen molar-refractivity contribution in [1.29, 1.82) is 0 Å². The number of rotatable bonds is 18. The van der Waals surface area contributed by atoms with Crippen molar-refractivity contribution >= 4 is 11.9 Å². The molecular weight excluding hydrogens is 576 g/mol. The molecule has 12 heteroatoms. The van der Waals surface area contributed by atoms with Gasteiger partial charge in [0, 0.05) is 11.1 Å². The lowest BCUT2D eigenvalue weighted by atomic mass is 10.2. The molecule has 0 unspecified atom stereocenters. The first-order valence-corrected chi connectivity index (χ1v) is 15.6. The molecule has 0 aliphatic rings. The van der Waals surface area contributed by atoms with Crippen molar-refractivity contribution in [1.82, 2.24) is 0 Å². The quantitative estimate of drug-likeness (QED) is 0.0550. The summed E-state index contributed by atoms with van der Waals surface area (Å²) in [6, 6.07) is 0. The van der Waals surface area contributed by atoms with Crippen LogP contribution in [0.2, 0.25) is 0 Å². The van der Waals surface area contributed by atoms with Crippen LogP contribution in [0.5, 0.6) is 0 Å². The molecule has 10 N–H and O–H groups in total. The van der Waals surface area contributed by atoms with Gasteiger partial charge in [-0.15, -0.1) is 0 Å². The van der Waals surface area contributed by atoms with Crippen molar-refractivity contribution in [3.05, 3.63) is 24.3 Å². The van der Waals surface area contributed by atoms with E-state index in [-0.39, 0.29) is 11.1 Å². The Balaban J connectivity index is -0.0000000989. The second-order valence-corrected chi connectivity index (χ2v) is 10.1. The van der Waals surface area contributed by atoms with Crippen LogP contribution in [0.3, 0.4) is 0 Å². The lowest BCUT2D eigenvalue weighted by Gasteiger charge is -1.99. The number of carboxylic acids is 2. The van der Waals surface area contributed by atoms with Gasteiger partial charge < -0.3 is 51.1 Å². The SMILES string of the molecule is C=C(C)C(=O)O.C=C(C)C(=O)O.CCCCCC(O)O.CCCCCC(O)O.CCCCCC(O)O.CCCCCC(O)O. The Labute approximate surface area is 266 Å². The largest absolute Gasteiger partial charge is 0.478 e. The number of aliphatic hydroxyl groups is 8. The lowest BCUT2D eigenvalue weighted by Crippen LogP contribution is -2.02. The minimum absolute atomic E-state index is 0.176. The van der Waals surface area contributed by atoms with E-state index in [0.29, 0.717) is 25.7 Å². The molecule has 0 rings (SSSR count). The molecule has 0 saturated carbocycles. The summed E-state index contributed by atoms with van der Waals surface area (Å²) in [6.07, 6.45) is 10.3. The van der Waals surface area contributed by atoms with Crippen LogP contribution in [-0.4, -0.2) is 88.2 Å². The maximum absolute atomic E-state index is 9.60. The minimum Gasteiger partial charge on any atom is -0.478 e. The van der Waals surface area contributed by atoms with Crippen LogP contribution in [0.4, 0.5) is 0 Å². The van der Waals surface area contributed by atoms with Gasteiger partial charge in [0.15, 0.2) is 25.2 Å². The maximum Gasteiger partial charge on any atom is 0.330 e. The Morgan fingerprint density at radius 2 is 0.568 bits per heavy atom. The summed E-state index contributed by atoms with van der Waals surface area (Å²) in [4.78, 5) is 19.2. The van der Waals surface area contributed by atoms with Crippen LogP contribution < -0.4 is 0 Å². The number of unbranched alkanes of at least 4 members (excludes halogenated alkanes) is 8. The molecule has 0 saturated heterocycles. The van der Waals surface area contributed by atoms with E-state index < -0.39 is 37.1 Å². The molecule has 12 nitrogen and oxygen atoms in total. The monoisotopic (exact) mass is 644 g/mol. The molecule has 0 aromatic rings. The van der Waals surface area contributed by atoms with Gasteiger partial charge in [-0.3, -0.25) is 0 Å². The van der Waals surface area contributed by atoms with Crippen molar-refractivity contribution < 1.29 is 60.7 Å². The van der Waals surface area contributed by atoms with Gasteiger partial charge in [0.2, 0.25) is 0 Å². The summed E-state index contributed by atoms with van der Waals surface area (Å²) in [5.41, 5.74) is 0.352. The molecule has 0 spiro atoms. The summed E-state index contributed by atoms with van der Waals surface area (Å²) in [5, 5.41) is 82.5. The van der Waals surface area contributed by atoms with Crippen LogP contribution >= 0.6 is 0 Å². The van der Waals surface area contributed by atoms with Gasteiger partial charge in [0.25, 0.3) is 0 Å². The van der Waals surface area contributed by atoms with Crippen molar-refractivity contribution in [2.75, 3.05) is 0 Å². The highest BCUT2D eigenvalue weighted by Gasteiger charge is 1.96. The number of aliphatic carboxylic acids is 2. The molecule has 0 fully saturated rings.